The molecular formula is C15H26N2OS. The van der Waals surface area contributed by atoms with E-state index in [0.29, 0.717) is 0 Å². The minimum Gasteiger partial charge on any atom is -0.494 e. The quantitative estimate of drug-likeness (QED) is 0.528. The number of benzene rings is 1. The van der Waals surface area contributed by atoms with Gasteiger partial charge in [0, 0.05) is 18.0 Å². The molecule has 0 atom stereocenters. The molecule has 1 rings (SSSR count). The van der Waals surface area contributed by atoms with Crippen molar-refractivity contribution in [2.45, 2.75) is 20.3 Å². The number of hydrogen-bond acceptors (Lipinski definition) is 4. The molecule has 0 aliphatic carbocycles. The second-order valence-corrected chi connectivity index (χ2v) is 5.64. The average Bonchev–Trinajstić information content (AvgIpc) is 2.44. The standard InChI is InChI=1S/C15H26N2OS/c1-3-17(4-2)10-13-19-12-5-11-18-15-8-6-14(16)7-9-15/h6-9H,3-5,10-13,16H2,1-2H3. The summed E-state index contributed by atoms with van der Waals surface area (Å²) in [4.78, 5) is 2.46. The van der Waals surface area contributed by atoms with Gasteiger partial charge in [-0.1, -0.05) is 13.8 Å². The molecule has 0 bridgehead atoms. The fraction of sp³-hybridized carbons (Fsp3) is 0.600. The van der Waals surface area contributed by atoms with E-state index in [0.717, 1.165) is 43.3 Å². The smallest absolute Gasteiger partial charge is 0.119 e. The van der Waals surface area contributed by atoms with E-state index in [1.807, 2.05) is 36.0 Å². The molecule has 0 heterocycles. The van der Waals surface area contributed by atoms with Gasteiger partial charge < -0.3 is 15.4 Å². The Hall–Kier alpha value is -0.870. The Morgan fingerprint density at radius 3 is 2.42 bits per heavy atom. The molecule has 1 aromatic rings. The summed E-state index contributed by atoms with van der Waals surface area (Å²) in [6.45, 7) is 8.70. The molecule has 3 nitrogen and oxygen atoms in total. The van der Waals surface area contributed by atoms with Crippen molar-refractivity contribution in [2.24, 2.45) is 0 Å². The highest BCUT2D eigenvalue weighted by Crippen LogP contribution is 2.13. The van der Waals surface area contributed by atoms with Crippen LogP contribution in [-0.2, 0) is 0 Å². The van der Waals surface area contributed by atoms with E-state index in [-0.39, 0.29) is 0 Å². The van der Waals surface area contributed by atoms with Crippen LogP contribution in [0.3, 0.4) is 0 Å². The molecule has 0 radical (unpaired) electrons. The van der Waals surface area contributed by atoms with Crippen LogP contribution in [0.1, 0.15) is 20.3 Å². The lowest BCUT2D eigenvalue weighted by molar-refractivity contribution is 0.318. The third kappa shape index (κ3) is 7.33. The molecule has 1 aromatic carbocycles. The molecule has 0 aromatic heterocycles. The first-order valence-electron chi connectivity index (χ1n) is 7.04. The van der Waals surface area contributed by atoms with Crippen LogP contribution in [-0.4, -0.2) is 42.6 Å². The summed E-state index contributed by atoms with van der Waals surface area (Å²) < 4.78 is 5.65. The zero-order valence-electron chi connectivity index (χ0n) is 12.1. The van der Waals surface area contributed by atoms with Crippen molar-refractivity contribution < 1.29 is 4.74 Å². The van der Waals surface area contributed by atoms with Gasteiger partial charge >= 0.3 is 0 Å². The Balaban J connectivity index is 1.98. The maximum absolute atomic E-state index is 5.65. The van der Waals surface area contributed by atoms with Crippen molar-refractivity contribution in [3.05, 3.63) is 24.3 Å². The molecule has 0 saturated heterocycles. The summed E-state index contributed by atoms with van der Waals surface area (Å²) in [7, 11) is 0. The van der Waals surface area contributed by atoms with Gasteiger partial charge in [0.1, 0.15) is 5.75 Å². The Morgan fingerprint density at radius 2 is 1.79 bits per heavy atom. The summed E-state index contributed by atoms with van der Waals surface area (Å²) in [6.07, 6.45) is 1.09. The van der Waals surface area contributed by atoms with Crippen LogP contribution in [0.25, 0.3) is 0 Å². The first kappa shape index (κ1) is 16.2. The summed E-state index contributed by atoms with van der Waals surface area (Å²) in [6, 6.07) is 7.58. The van der Waals surface area contributed by atoms with Crippen LogP contribution in [0.15, 0.2) is 24.3 Å². The molecule has 0 aliphatic rings. The maximum Gasteiger partial charge on any atom is 0.119 e. The Kier molecular flexibility index (Phi) is 8.50. The van der Waals surface area contributed by atoms with Crippen molar-refractivity contribution in [3.8, 4) is 5.75 Å². The van der Waals surface area contributed by atoms with Gasteiger partial charge in [0.15, 0.2) is 0 Å². The second-order valence-electron chi connectivity index (χ2n) is 4.41. The van der Waals surface area contributed by atoms with Crippen LogP contribution in [0, 0.1) is 0 Å². The zero-order chi connectivity index (χ0) is 13.9. The first-order valence-corrected chi connectivity index (χ1v) is 8.20. The number of anilines is 1. The Labute approximate surface area is 121 Å². The van der Waals surface area contributed by atoms with Gasteiger partial charge in [-0.15, -0.1) is 0 Å². The molecule has 0 fully saturated rings. The molecule has 0 spiro atoms. The highest BCUT2D eigenvalue weighted by Gasteiger charge is 1.98. The fourth-order valence-electron chi connectivity index (χ4n) is 1.75. The van der Waals surface area contributed by atoms with Gasteiger partial charge in [0.2, 0.25) is 0 Å². The zero-order valence-corrected chi connectivity index (χ0v) is 12.9. The fourth-order valence-corrected chi connectivity index (χ4v) is 2.66. The van der Waals surface area contributed by atoms with Crippen LogP contribution >= 0.6 is 11.8 Å². The third-order valence-electron chi connectivity index (χ3n) is 3.03. The molecular weight excluding hydrogens is 256 g/mol. The summed E-state index contributed by atoms with van der Waals surface area (Å²) >= 11 is 2.01. The molecule has 0 unspecified atom stereocenters. The van der Waals surface area contributed by atoms with E-state index in [4.69, 9.17) is 10.5 Å². The minimum atomic E-state index is 0.777. The second kappa shape index (κ2) is 9.98. The van der Waals surface area contributed by atoms with Gasteiger partial charge in [-0.05, 0) is 49.5 Å². The van der Waals surface area contributed by atoms with Crippen molar-refractivity contribution >= 4 is 17.4 Å². The van der Waals surface area contributed by atoms with Crippen molar-refractivity contribution in [1.82, 2.24) is 4.90 Å². The van der Waals surface area contributed by atoms with Gasteiger partial charge in [-0.2, -0.15) is 11.8 Å². The van der Waals surface area contributed by atoms with Gasteiger partial charge in [-0.3, -0.25) is 0 Å². The highest BCUT2D eigenvalue weighted by atomic mass is 32.2. The lowest BCUT2D eigenvalue weighted by Gasteiger charge is -2.17. The SMILES string of the molecule is CCN(CC)CCSCCCOc1ccc(N)cc1. The lowest BCUT2D eigenvalue weighted by atomic mass is 10.3. The van der Waals surface area contributed by atoms with E-state index in [1.54, 1.807) is 0 Å². The van der Waals surface area contributed by atoms with Crippen LogP contribution in [0.4, 0.5) is 5.69 Å². The molecule has 4 heteroatoms. The minimum absolute atomic E-state index is 0.777. The number of rotatable bonds is 10. The largest absolute Gasteiger partial charge is 0.494 e. The molecule has 0 aliphatic heterocycles. The third-order valence-corrected chi connectivity index (χ3v) is 4.08. The van der Waals surface area contributed by atoms with Crippen molar-refractivity contribution in [2.75, 3.05) is 43.5 Å². The topological polar surface area (TPSA) is 38.5 Å². The van der Waals surface area contributed by atoms with Crippen LogP contribution in [0.5, 0.6) is 5.75 Å². The average molecular weight is 282 g/mol. The highest BCUT2D eigenvalue weighted by molar-refractivity contribution is 7.99. The number of thioether (sulfide) groups is 1. The number of nitrogens with zero attached hydrogens (tertiary/aromatic N) is 1. The van der Waals surface area contributed by atoms with E-state index in [9.17, 15) is 0 Å². The Bertz CT molecular complexity index is 325. The van der Waals surface area contributed by atoms with E-state index in [1.165, 1.54) is 12.3 Å². The normalized spacial score (nSPS) is 10.9. The molecule has 2 N–H and O–H groups in total. The lowest BCUT2D eigenvalue weighted by Crippen LogP contribution is -2.25. The predicted molar refractivity (Wildman–Crippen MR) is 86.1 cm³/mol. The van der Waals surface area contributed by atoms with E-state index in [2.05, 4.69) is 18.7 Å². The van der Waals surface area contributed by atoms with Crippen LogP contribution < -0.4 is 10.5 Å². The summed E-state index contributed by atoms with van der Waals surface area (Å²) in [5.41, 5.74) is 6.40. The maximum atomic E-state index is 5.65. The molecule has 19 heavy (non-hydrogen) atoms. The number of nitrogens with two attached hydrogens (primary N) is 1. The number of hydrogen-bond donors (Lipinski definition) is 1. The van der Waals surface area contributed by atoms with Gasteiger partial charge in [0.05, 0.1) is 6.61 Å². The first-order chi connectivity index (χ1) is 9.26. The van der Waals surface area contributed by atoms with E-state index < -0.39 is 0 Å². The van der Waals surface area contributed by atoms with Crippen molar-refractivity contribution in [1.29, 1.82) is 0 Å². The molecule has 0 saturated carbocycles. The molecule has 108 valence electrons. The number of ether oxygens (including phenoxy) is 1. The monoisotopic (exact) mass is 282 g/mol. The summed E-state index contributed by atoms with van der Waals surface area (Å²) in [5.74, 6) is 3.28. The summed E-state index contributed by atoms with van der Waals surface area (Å²) in [5, 5.41) is 0. The van der Waals surface area contributed by atoms with E-state index >= 15 is 0 Å². The molecule has 0 amide bonds. The predicted octanol–water partition coefficient (Wildman–Crippen LogP) is 3.11. The van der Waals surface area contributed by atoms with Gasteiger partial charge in [-0.25, -0.2) is 0 Å². The van der Waals surface area contributed by atoms with Crippen molar-refractivity contribution in [3.63, 3.8) is 0 Å². The number of nitrogen functional groups attached to an aromatic ring is 1. The Morgan fingerprint density at radius 1 is 1.11 bits per heavy atom. The van der Waals surface area contributed by atoms with Gasteiger partial charge in [0.25, 0.3) is 0 Å². The van der Waals surface area contributed by atoms with Crippen LogP contribution in [0.2, 0.25) is 0 Å².